The van der Waals surface area contributed by atoms with Gasteiger partial charge in [-0.05, 0) is 43.4 Å². The highest BCUT2D eigenvalue weighted by Crippen LogP contribution is 2.28. The fraction of sp³-hybridized carbons (Fsp3) is 0.571. The largest absolute Gasteiger partial charge is 0.508 e. The zero-order valence-corrected chi connectivity index (χ0v) is 10.4. The Morgan fingerprint density at radius 1 is 1.19 bits per heavy atom. The van der Waals surface area contributed by atoms with E-state index < -0.39 is 5.60 Å². The Labute approximate surface area is 97.9 Å². The molecule has 0 saturated carbocycles. The maximum Gasteiger partial charge on any atom is 0.115 e. The van der Waals surface area contributed by atoms with Crippen molar-refractivity contribution >= 4 is 0 Å². The lowest BCUT2D eigenvalue weighted by atomic mass is 9.89. The first kappa shape index (κ1) is 13.0. The van der Waals surface area contributed by atoms with Crippen molar-refractivity contribution in [3.63, 3.8) is 0 Å². The predicted octanol–water partition coefficient (Wildman–Crippen LogP) is 3.43. The van der Waals surface area contributed by atoms with Gasteiger partial charge in [0.1, 0.15) is 5.75 Å². The molecule has 2 nitrogen and oxygen atoms in total. The lowest BCUT2D eigenvalue weighted by Gasteiger charge is -2.24. The molecule has 1 aromatic rings. The average Bonchev–Trinajstić information content (AvgIpc) is 2.17. The van der Waals surface area contributed by atoms with Crippen LogP contribution in [0.4, 0.5) is 0 Å². The van der Waals surface area contributed by atoms with Crippen molar-refractivity contribution in [2.24, 2.45) is 5.92 Å². The third-order valence-corrected chi connectivity index (χ3v) is 2.93. The SMILES string of the molecule is CC(C)CCCC(C)(O)c1ccc(O)cc1. The summed E-state index contributed by atoms with van der Waals surface area (Å²) < 4.78 is 0. The number of phenolic OH excluding ortho intramolecular Hbond substituents is 1. The Balaban J connectivity index is 2.59. The van der Waals surface area contributed by atoms with Gasteiger partial charge in [-0.15, -0.1) is 0 Å². The summed E-state index contributed by atoms with van der Waals surface area (Å²) in [6.45, 7) is 6.21. The van der Waals surface area contributed by atoms with Gasteiger partial charge in [0, 0.05) is 0 Å². The summed E-state index contributed by atoms with van der Waals surface area (Å²) in [5, 5.41) is 19.5. The molecule has 0 bridgehead atoms. The molecule has 0 saturated heterocycles. The van der Waals surface area contributed by atoms with Crippen molar-refractivity contribution in [3.8, 4) is 5.75 Å². The minimum absolute atomic E-state index is 0.238. The Kier molecular flexibility index (Phi) is 4.36. The molecule has 0 spiro atoms. The molecule has 90 valence electrons. The molecule has 0 radical (unpaired) electrons. The number of aromatic hydroxyl groups is 1. The van der Waals surface area contributed by atoms with Crippen molar-refractivity contribution in [2.75, 3.05) is 0 Å². The molecule has 0 aliphatic carbocycles. The van der Waals surface area contributed by atoms with Gasteiger partial charge in [-0.1, -0.05) is 32.4 Å². The van der Waals surface area contributed by atoms with E-state index in [9.17, 15) is 10.2 Å². The zero-order chi connectivity index (χ0) is 12.2. The van der Waals surface area contributed by atoms with E-state index in [2.05, 4.69) is 13.8 Å². The van der Waals surface area contributed by atoms with Crippen molar-refractivity contribution in [1.82, 2.24) is 0 Å². The molecule has 2 N–H and O–H groups in total. The van der Waals surface area contributed by atoms with Crippen LogP contribution in [0.1, 0.15) is 45.6 Å². The predicted molar refractivity (Wildman–Crippen MR) is 66.4 cm³/mol. The molecule has 16 heavy (non-hydrogen) atoms. The minimum Gasteiger partial charge on any atom is -0.508 e. The van der Waals surface area contributed by atoms with Crippen molar-refractivity contribution < 1.29 is 10.2 Å². The lowest BCUT2D eigenvalue weighted by Crippen LogP contribution is -2.20. The van der Waals surface area contributed by atoms with Gasteiger partial charge < -0.3 is 10.2 Å². The van der Waals surface area contributed by atoms with Gasteiger partial charge in [0.2, 0.25) is 0 Å². The van der Waals surface area contributed by atoms with Gasteiger partial charge in [-0.2, -0.15) is 0 Å². The Morgan fingerprint density at radius 2 is 1.75 bits per heavy atom. The van der Waals surface area contributed by atoms with E-state index in [4.69, 9.17) is 0 Å². The molecule has 0 fully saturated rings. The Morgan fingerprint density at radius 3 is 2.25 bits per heavy atom. The molecular weight excluding hydrogens is 200 g/mol. The Bertz CT molecular complexity index is 312. The second kappa shape index (κ2) is 5.35. The van der Waals surface area contributed by atoms with Gasteiger partial charge in [0.25, 0.3) is 0 Å². The van der Waals surface area contributed by atoms with Crippen LogP contribution in [-0.4, -0.2) is 10.2 Å². The van der Waals surface area contributed by atoms with Gasteiger partial charge in [0.05, 0.1) is 5.60 Å². The molecule has 2 heteroatoms. The third-order valence-electron chi connectivity index (χ3n) is 2.93. The maximum absolute atomic E-state index is 10.3. The van der Waals surface area contributed by atoms with E-state index in [0.717, 1.165) is 24.8 Å². The number of aliphatic hydroxyl groups is 1. The third kappa shape index (κ3) is 3.86. The normalized spacial score (nSPS) is 15.1. The zero-order valence-electron chi connectivity index (χ0n) is 10.4. The van der Waals surface area contributed by atoms with E-state index in [0.29, 0.717) is 5.92 Å². The van der Waals surface area contributed by atoms with E-state index in [1.807, 2.05) is 6.92 Å². The highest BCUT2D eigenvalue weighted by molar-refractivity contribution is 5.29. The smallest absolute Gasteiger partial charge is 0.115 e. The van der Waals surface area contributed by atoms with Crippen molar-refractivity contribution in [2.45, 2.75) is 45.6 Å². The van der Waals surface area contributed by atoms with Crippen LogP contribution >= 0.6 is 0 Å². The van der Waals surface area contributed by atoms with Gasteiger partial charge in [0.15, 0.2) is 0 Å². The molecule has 0 aromatic heterocycles. The van der Waals surface area contributed by atoms with Crippen LogP contribution in [-0.2, 0) is 5.60 Å². The maximum atomic E-state index is 10.3. The van der Waals surface area contributed by atoms with E-state index >= 15 is 0 Å². The summed E-state index contributed by atoms with van der Waals surface area (Å²) in [4.78, 5) is 0. The van der Waals surface area contributed by atoms with Crippen molar-refractivity contribution in [3.05, 3.63) is 29.8 Å². The van der Waals surface area contributed by atoms with Crippen LogP contribution in [0.2, 0.25) is 0 Å². The molecule has 0 aliphatic rings. The number of hydrogen-bond donors (Lipinski definition) is 2. The quantitative estimate of drug-likeness (QED) is 0.801. The fourth-order valence-corrected chi connectivity index (χ4v) is 1.82. The topological polar surface area (TPSA) is 40.5 Å². The average molecular weight is 222 g/mol. The molecule has 0 amide bonds. The molecule has 1 unspecified atom stereocenters. The first-order chi connectivity index (χ1) is 7.42. The first-order valence-corrected chi connectivity index (χ1v) is 5.94. The van der Waals surface area contributed by atoms with Crippen LogP contribution in [0.5, 0.6) is 5.75 Å². The van der Waals surface area contributed by atoms with Crippen LogP contribution in [0.3, 0.4) is 0 Å². The lowest BCUT2D eigenvalue weighted by molar-refractivity contribution is 0.0441. The summed E-state index contributed by atoms with van der Waals surface area (Å²) in [6, 6.07) is 6.80. The standard InChI is InChI=1S/C14H22O2/c1-11(2)5-4-10-14(3,16)12-6-8-13(15)9-7-12/h6-9,11,15-16H,4-5,10H2,1-3H3. The highest BCUT2D eigenvalue weighted by Gasteiger charge is 2.22. The molecule has 1 rings (SSSR count). The van der Waals surface area contributed by atoms with E-state index in [1.165, 1.54) is 0 Å². The van der Waals surface area contributed by atoms with E-state index in [-0.39, 0.29) is 5.75 Å². The summed E-state index contributed by atoms with van der Waals surface area (Å²) in [5.41, 5.74) is 0.0804. The Hall–Kier alpha value is -1.02. The second-order valence-corrected chi connectivity index (χ2v) is 5.11. The molecule has 0 heterocycles. The monoisotopic (exact) mass is 222 g/mol. The molecule has 0 aliphatic heterocycles. The number of hydrogen-bond acceptors (Lipinski definition) is 2. The molecule has 1 atom stereocenters. The summed E-state index contributed by atoms with van der Waals surface area (Å²) in [7, 11) is 0. The minimum atomic E-state index is -0.789. The fourth-order valence-electron chi connectivity index (χ4n) is 1.82. The number of rotatable bonds is 5. The van der Waals surface area contributed by atoms with Crippen LogP contribution < -0.4 is 0 Å². The van der Waals surface area contributed by atoms with Crippen molar-refractivity contribution in [1.29, 1.82) is 0 Å². The van der Waals surface area contributed by atoms with Crippen LogP contribution in [0.25, 0.3) is 0 Å². The molecular formula is C14H22O2. The van der Waals surface area contributed by atoms with Gasteiger partial charge in [-0.25, -0.2) is 0 Å². The number of benzene rings is 1. The van der Waals surface area contributed by atoms with Gasteiger partial charge >= 0.3 is 0 Å². The van der Waals surface area contributed by atoms with Crippen LogP contribution in [0.15, 0.2) is 24.3 Å². The van der Waals surface area contributed by atoms with Gasteiger partial charge in [-0.3, -0.25) is 0 Å². The van der Waals surface area contributed by atoms with Crippen LogP contribution in [0, 0.1) is 5.92 Å². The summed E-state index contributed by atoms with van der Waals surface area (Å²) in [5.74, 6) is 0.914. The summed E-state index contributed by atoms with van der Waals surface area (Å²) >= 11 is 0. The number of phenols is 1. The second-order valence-electron chi connectivity index (χ2n) is 5.11. The molecule has 1 aromatic carbocycles. The highest BCUT2D eigenvalue weighted by atomic mass is 16.3. The summed E-state index contributed by atoms with van der Waals surface area (Å²) in [6.07, 6.45) is 2.91. The first-order valence-electron chi connectivity index (χ1n) is 5.94. The van der Waals surface area contributed by atoms with E-state index in [1.54, 1.807) is 24.3 Å².